The molecule has 10 heteroatoms. The first-order valence-electron chi connectivity index (χ1n) is 11.1. The number of phenolic OH excluding ortho intramolecular Hbond substituents is 2. The van der Waals surface area contributed by atoms with Gasteiger partial charge in [-0.25, -0.2) is 0 Å². The molecule has 0 aliphatic heterocycles. The van der Waals surface area contributed by atoms with E-state index in [1.807, 2.05) is 0 Å². The minimum absolute atomic E-state index is 0.122. The predicted octanol–water partition coefficient (Wildman–Crippen LogP) is 2.12. The fourth-order valence-corrected chi connectivity index (χ4v) is 4.97. The average Bonchev–Trinajstić information content (AvgIpc) is 2.75. The second-order valence-corrected chi connectivity index (χ2v) is 9.11. The van der Waals surface area contributed by atoms with Gasteiger partial charge in [-0.15, -0.1) is 0 Å². The van der Waals surface area contributed by atoms with E-state index < -0.39 is 46.0 Å². The summed E-state index contributed by atoms with van der Waals surface area (Å²) in [5.74, 6) is -4.95. The van der Waals surface area contributed by atoms with Gasteiger partial charge in [-0.3, -0.25) is 14.4 Å². The Hall–Kier alpha value is -3.92. The molecule has 2 atom stereocenters. The van der Waals surface area contributed by atoms with Crippen molar-refractivity contribution < 1.29 is 39.6 Å². The van der Waals surface area contributed by atoms with E-state index in [4.69, 9.17) is 10.6 Å². The first kappa shape index (κ1) is 24.2. The van der Waals surface area contributed by atoms with Gasteiger partial charge >= 0.3 is 0 Å². The molecule has 35 heavy (non-hydrogen) atoms. The molecule has 2 aliphatic rings. The number of carbonyl (C=O) groups is 3. The first-order valence-corrected chi connectivity index (χ1v) is 11.1. The Labute approximate surface area is 200 Å². The number of aromatic hydroxyl groups is 2. The molecule has 10 nitrogen and oxygen atoms in total. The van der Waals surface area contributed by atoms with Crippen LogP contribution in [0.3, 0.4) is 0 Å². The van der Waals surface area contributed by atoms with E-state index in [0.717, 1.165) is 38.9 Å². The highest BCUT2D eigenvalue weighted by Crippen LogP contribution is 2.48. The molecule has 2 aromatic rings. The zero-order chi connectivity index (χ0) is 25.7. The molecule has 0 aromatic heterocycles. The number of primary amides is 1. The number of amides is 1. The van der Waals surface area contributed by atoms with Crippen molar-refractivity contribution in [3.63, 3.8) is 0 Å². The molecule has 0 saturated heterocycles. The number of nitrogens with two attached hydrogens (primary N) is 1. The van der Waals surface area contributed by atoms with E-state index in [9.17, 15) is 34.8 Å². The maximum Gasteiger partial charge on any atom is 0.255 e. The Balaban J connectivity index is 1.92. The Morgan fingerprint density at radius 1 is 1.26 bits per heavy atom. The van der Waals surface area contributed by atoms with Crippen molar-refractivity contribution in [3.8, 4) is 11.5 Å². The average molecular weight is 482 g/mol. The highest BCUT2D eigenvalue weighted by molar-refractivity contribution is 6.52. The van der Waals surface area contributed by atoms with Gasteiger partial charge in [0.15, 0.2) is 5.78 Å². The quantitative estimate of drug-likeness (QED) is 0.104. The van der Waals surface area contributed by atoms with Crippen molar-refractivity contribution in [2.75, 3.05) is 7.11 Å². The van der Waals surface area contributed by atoms with Crippen molar-refractivity contribution in [2.24, 2.45) is 16.8 Å². The Morgan fingerprint density at radius 3 is 2.49 bits per heavy atom. The molecule has 1 fully saturated rings. The fraction of sp³-hybridized carbons (Fsp3) is 0.360. The van der Waals surface area contributed by atoms with Crippen LogP contribution < -0.4 is 5.73 Å². The van der Waals surface area contributed by atoms with Crippen LogP contribution in [0.5, 0.6) is 11.5 Å². The summed E-state index contributed by atoms with van der Waals surface area (Å²) in [6.45, 7) is 1.16. The van der Waals surface area contributed by atoms with Crippen molar-refractivity contribution in [2.45, 2.75) is 44.1 Å². The van der Waals surface area contributed by atoms with Gasteiger partial charge in [0, 0.05) is 5.92 Å². The number of rotatable bonds is 6. The molecule has 184 valence electrons. The molecule has 4 rings (SSSR count). The molecule has 2 aliphatic carbocycles. The maximum absolute atomic E-state index is 13.5. The summed E-state index contributed by atoms with van der Waals surface area (Å²) >= 11 is 0. The van der Waals surface area contributed by atoms with Gasteiger partial charge < -0.3 is 31.0 Å². The standard InChI is InChI=1S/C25H26N2O8/c1-25(34)16(20(27-35-2)21(30)15(10-28)24(26)33)9-12-8-14-13(11-4-3-5-11)6-7-17(29)19(14)22(31)18(12)23(25)32/h6-8,10-11,16,28-29,31,34H,3-5,9H2,1-2H3,(H2,26,33)/b15-10-,27-20-/t16-,25-/m0/s1. The van der Waals surface area contributed by atoms with Crippen LogP contribution in [0.1, 0.15) is 53.6 Å². The van der Waals surface area contributed by atoms with Gasteiger partial charge in [0.25, 0.3) is 5.91 Å². The minimum atomic E-state index is -2.26. The van der Waals surface area contributed by atoms with Crippen molar-refractivity contribution in [1.29, 1.82) is 0 Å². The number of hydrogen-bond donors (Lipinski definition) is 5. The van der Waals surface area contributed by atoms with Gasteiger partial charge in [-0.05, 0) is 60.7 Å². The maximum atomic E-state index is 13.5. The van der Waals surface area contributed by atoms with Gasteiger partial charge in [-0.2, -0.15) is 0 Å². The van der Waals surface area contributed by atoms with Crippen LogP contribution in [0.15, 0.2) is 35.2 Å². The molecule has 0 radical (unpaired) electrons. The molecule has 0 heterocycles. The predicted molar refractivity (Wildman–Crippen MR) is 125 cm³/mol. The number of nitrogens with zero attached hydrogens (tertiary/aromatic N) is 1. The van der Waals surface area contributed by atoms with Crippen LogP contribution in [0.2, 0.25) is 0 Å². The first-order chi connectivity index (χ1) is 16.5. The number of aliphatic hydroxyl groups is 2. The van der Waals surface area contributed by atoms with Crippen molar-refractivity contribution >= 4 is 34.0 Å². The lowest BCUT2D eigenvalue weighted by Gasteiger charge is -2.37. The molecule has 1 amide bonds. The van der Waals surface area contributed by atoms with E-state index >= 15 is 0 Å². The summed E-state index contributed by atoms with van der Waals surface area (Å²) in [6.07, 6.45) is 3.07. The molecule has 1 saturated carbocycles. The number of fused-ring (bicyclic) bond motifs is 2. The molecular weight excluding hydrogens is 456 g/mol. The molecule has 0 spiro atoms. The summed E-state index contributed by atoms with van der Waals surface area (Å²) in [5, 5.41) is 46.5. The molecular formula is C25H26N2O8. The van der Waals surface area contributed by atoms with Crippen LogP contribution >= 0.6 is 0 Å². The van der Waals surface area contributed by atoms with E-state index in [0.29, 0.717) is 10.9 Å². The van der Waals surface area contributed by atoms with Crippen molar-refractivity contribution in [3.05, 3.63) is 46.7 Å². The lowest BCUT2D eigenvalue weighted by molar-refractivity contribution is -0.118. The lowest BCUT2D eigenvalue weighted by atomic mass is 9.68. The smallest absolute Gasteiger partial charge is 0.255 e. The normalized spacial score (nSPS) is 23.1. The lowest BCUT2D eigenvalue weighted by Crippen LogP contribution is -2.53. The summed E-state index contributed by atoms with van der Waals surface area (Å²) in [7, 11) is 1.14. The molecule has 0 unspecified atom stereocenters. The summed E-state index contributed by atoms with van der Waals surface area (Å²) in [6, 6.07) is 4.94. The largest absolute Gasteiger partial charge is 0.515 e. The number of aliphatic hydroxyl groups excluding tert-OH is 1. The van der Waals surface area contributed by atoms with Gasteiger partial charge in [0.1, 0.15) is 35.5 Å². The monoisotopic (exact) mass is 482 g/mol. The third-order valence-electron chi connectivity index (χ3n) is 7.10. The Bertz CT molecular complexity index is 1320. The summed E-state index contributed by atoms with van der Waals surface area (Å²) in [5.41, 5.74) is 2.70. The topological polar surface area (TPSA) is 180 Å². The zero-order valence-electron chi connectivity index (χ0n) is 19.2. The number of hydrogen-bond acceptors (Lipinski definition) is 9. The van der Waals surface area contributed by atoms with E-state index in [2.05, 4.69) is 5.16 Å². The van der Waals surface area contributed by atoms with Crippen LogP contribution in [0.25, 0.3) is 10.8 Å². The number of oxime groups is 1. The molecule has 2 aromatic carbocycles. The number of carbonyl (C=O) groups excluding carboxylic acids is 3. The van der Waals surface area contributed by atoms with Gasteiger partial charge in [0.2, 0.25) is 5.78 Å². The zero-order valence-corrected chi connectivity index (χ0v) is 19.2. The molecule has 6 N–H and O–H groups in total. The van der Waals surface area contributed by atoms with Crippen LogP contribution in [0.4, 0.5) is 0 Å². The minimum Gasteiger partial charge on any atom is -0.515 e. The van der Waals surface area contributed by atoms with E-state index in [1.165, 1.54) is 6.07 Å². The highest BCUT2D eigenvalue weighted by atomic mass is 16.6. The second kappa shape index (κ2) is 8.70. The SMILES string of the molecule is CO/N=C(\C(=O)/C(=C/O)C(N)=O)[C@@H]1Cc2cc3c(C4CCC4)ccc(O)c3c(O)c2C(=O)[C@@]1(C)O. The number of Topliss-reactive ketones (excluding diaryl/α,β-unsaturated/α-hetero) is 2. The summed E-state index contributed by atoms with van der Waals surface area (Å²) in [4.78, 5) is 42.8. The fourth-order valence-electron chi connectivity index (χ4n) is 4.97. The Kier molecular flexibility index (Phi) is 6.02. The summed E-state index contributed by atoms with van der Waals surface area (Å²) < 4.78 is 0. The van der Waals surface area contributed by atoms with Crippen LogP contribution in [-0.4, -0.2) is 56.3 Å². The Morgan fingerprint density at radius 2 is 1.94 bits per heavy atom. The van der Waals surface area contributed by atoms with Crippen molar-refractivity contribution in [1.82, 2.24) is 0 Å². The van der Waals surface area contributed by atoms with E-state index in [-0.39, 0.29) is 35.3 Å². The third kappa shape index (κ3) is 3.70. The number of phenols is 2. The third-order valence-corrected chi connectivity index (χ3v) is 7.10. The number of benzene rings is 2. The van der Waals surface area contributed by atoms with Crippen LogP contribution in [-0.2, 0) is 20.8 Å². The van der Waals surface area contributed by atoms with Gasteiger partial charge in [-0.1, -0.05) is 17.6 Å². The molecule has 0 bridgehead atoms. The van der Waals surface area contributed by atoms with Gasteiger partial charge in [0.05, 0.1) is 17.2 Å². The highest BCUT2D eigenvalue weighted by Gasteiger charge is 2.51. The number of ketones is 2. The van der Waals surface area contributed by atoms with E-state index in [1.54, 1.807) is 12.1 Å². The van der Waals surface area contributed by atoms with Crippen LogP contribution in [0, 0.1) is 5.92 Å². The second-order valence-electron chi connectivity index (χ2n) is 9.11.